The molecule has 0 bridgehead atoms. The van der Waals surface area contributed by atoms with Crippen LogP contribution >= 0.6 is 0 Å². The summed E-state index contributed by atoms with van der Waals surface area (Å²) in [5.74, 6) is 0. The minimum Gasteiger partial charge on any atom is -0.0810 e. The van der Waals surface area contributed by atoms with Gasteiger partial charge in [-0.25, -0.2) is 0 Å². The number of hydrogen-bond donors (Lipinski definition) is 0. The number of hydrogen-bond acceptors (Lipinski definition) is 0. The topological polar surface area (TPSA) is 0 Å². The zero-order valence-corrected chi connectivity index (χ0v) is 12.9. The molecule has 0 heterocycles. The summed E-state index contributed by atoms with van der Waals surface area (Å²) in [6.45, 7) is 13.7. The highest BCUT2D eigenvalue weighted by Gasteiger charge is 2.20. The molecule has 16 heavy (non-hydrogen) atoms. The highest BCUT2D eigenvalue weighted by molar-refractivity contribution is 6.33. The average Bonchev–Trinajstić information content (AvgIpc) is 2.14. The molecule has 0 nitrogen and oxygen atoms in total. The summed E-state index contributed by atoms with van der Waals surface area (Å²) in [4.78, 5) is 0. The van der Waals surface area contributed by atoms with Crippen molar-refractivity contribution in [3.8, 4) is 0 Å². The Balaban J connectivity index is 3.39. The molecule has 0 aliphatic heterocycles. The molecule has 0 aliphatic carbocycles. The molecule has 0 radical (unpaired) electrons. The molecule has 1 heteroatoms. The molecule has 0 saturated carbocycles. The number of rotatable bonds is 1. The van der Waals surface area contributed by atoms with E-state index in [1.807, 2.05) is 9.85 Å². The van der Waals surface area contributed by atoms with Gasteiger partial charge in [0.05, 0.1) is 0 Å². The highest BCUT2D eigenvalue weighted by atomic mass is 28.1. The molecule has 0 spiro atoms. The van der Waals surface area contributed by atoms with Crippen molar-refractivity contribution in [2.24, 2.45) is 0 Å². The van der Waals surface area contributed by atoms with Gasteiger partial charge in [0.15, 0.2) is 0 Å². The summed E-state index contributed by atoms with van der Waals surface area (Å²) in [5.41, 5.74) is 6.93. The molecule has 1 aromatic rings. The maximum absolute atomic E-state index is 2.37. The Morgan fingerprint density at radius 1 is 0.938 bits per heavy atom. The monoisotopic (exact) mass is 232 g/mol. The Bertz CT molecular complexity index is 389. The predicted octanol–water partition coefficient (Wildman–Crippen LogP) is 3.07. The van der Waals surface area contributed by atoms with Gasteiger partial charge >= 0.3 is 0 Å². The van der Waals surface area contributed by atoms with Gasteiger partial charge < -0.3 is 0 Å². The van der Waals surface area contributed by atoms with E-state index in [1.165, 1.54) is 16.7 Å². The lowest BCUT2D eigenvalue weighted by Crippen LogP contribution is -2.18. The van der Waals surface area contributed by atoms with Crippen molar-refractivity contribution >= 4 is 15.5 Å². The lowest BCUT2D eigenvalue weighted by molar-refractivity contribution is 0.568. The van der Waals surface area contributed by atoms with Crippen LogP contribution in [0.3, 0.4) is 0 Å². The SMILES string of the molecule is CC(C)(C)c1ccc(C=[SiH2])c(C(C)(C)C)c1. The van der Waals surface area contributed by atoms with Gasteiger partial charge in [-0.2, -0.15) is 0 Å². The van der Waals surface area contributed by atoms with Crippen molar-refractivity contribution in [2.75, 3.05) is 0 Å². The van der Waals surface area contributed by atoms with Gasteiger partial charge in [-0.05, 0) is 37.4 Å². The van der Waals surface area contributed by atoms with Crippen molar-refractivity contribution in [1.82, 2.24) is 0 Å². The van der Waals surface area contributed by atoms with Gasteiger partial charge in [0.2, 0.25) is 0 Å². The fourth-order valence-electron chi connectivity index (χ4n) is 1.85. The molecule has 0 amide bonds. The van der Waals surface area contributed by atoms with E-state index >= 15 is 0 Å². The smallest absolute Gasteiger partial charge is 0.0126 e. The summed E-state index contributed by atoms with van der Waals surface area (Å²) in [6, 6.07) is 6.89. The molecule has 0 N–H and O–H groups in total. The third kappa shape index (κ3) is 2.91. The molecule has 88 valence electrons. The van der Waals surface area contributed by atoms with Crippen LogP contribution in [-0.2, 0) is 10.8 Å². The fourth-order valence-corrected chi connectivity index (χ4v) is 2.21. The van der Waals surface area contributed by atoms with Crippen molar-refractivity contribution in [2.45, 2.75) is 52.4 Å². The van der Waals surface area contributed by atoms with Crippen LogP contribution < -0.4 is 0 Å². The Hall–Kier alpha value is -0.693. The second-order valence-electron chi connectivity index (χ2n) is 6.51. The van der Waals surface area contributed by atoms with E-state index in [4.69, 9.17) is 0 Å². The van der Waals surface area contributed by atoms with Crippen LogP contribution in [0.15, 0.2) is 18.2 Å². The molecule has 0 atom stereocenters. The zero-order chi connectivity index (χ0) is 12.6. The van der Waals surface area contributed by atoms with Gasteiger partial charge in [-0.1, -0.05) is 65.4 Å². The van der Waals surface area contributed by atoms with Crippen molar-refractivity contribution in [3.05, 3.63) is 34.9 Å². The molecule has 0 aromatic heterocycles. The second-order valence-corrected chi connectivity index (χ2v) is 6.91. The number of benzene rings is 1. The summed E-state index contributed by atoms with van der Waals surface area (Å²) in [5, 5.41) is 0. The van der Waals surface area contributed by atoms with Crippen molar-refractivity contribution in [1.29, 1.82) is 0 Å². The summed E-state index contributed by atoms with van der Waals surface area (Å²) in [6.07, 6.45) is 0. The Labute approximate surface area is 103 Å². The van der Waals surface area contributed by atoms with Gasteiger partial charge in [-0.3, -0.25) is 0 Å². The molecule has 0 unspecified atom stereocenters. The third-order valence-electron chi connectivity index (χ3n) is 2.95. The van der Waals surface area contributed by atoms with E-state index in [1.54, 1.807) is 0 Å². The third-order valence-corrected chi connectivity index (χ3v) is 3.39. The van der Waals surface area contributed by atoms with Crippen LogP contribution in [0.1, 0.15) is 58.2 Å². The summed E-state index contributed by atoms with van der Waals surface area (Å²) < 4.78 is 0. The highest BCUT2D eigenvalue weighted by Crippen LogP contribution is 2.30. The van der Waals surface area contributed by atoms with E-state index < -0.39 is 0 Å². The quantitative estimate of drug-likeness (QED) is 0.653. The lowest BCUT2D eigenvalue weighted by Gasteiger charge is -2.26. The average molecular weight is 232 g/mol. The largest absolute Gasteiger partial charge is 0.0810 e. The van der Waals surface area contributed by atoms with E-state index in [0.717, 1.165) is 0 Å². The Kier molecular flexibility index (Phi) is 3.58. The molecule has 0 aliphatic rings. The molecular weight excluding hydrogens is 208 g/mol. The van der Waals surface area contributed by atoms with Crippen molar-refractivity contribution < 1.29 is 0 Å². The summed E-state index contributed by atoms with van der Waals surface area (Å²) >= 11 is 0. The Morgan fingerprint density at radius 3 is 1.88 bits per heavy atom. The Morgan fingerprint density at radius 2 is 1.50 bits per heavy atom. The van der Waals surface area contributed by atoms with Crippen LogP contribution in [0, 0.1) is 0 Å². The first-order valence-corrected chi connectivity index (χ1v) is 6.75. The van der Waals surface area contributed by atoms with Crippen LogP contribution in [0.5, 0.6) is 0 Å². The first-order valence-electron chi connectivity index (χ1n) is 5.93. The standard InChI is InChI=1S/C15H24Si/c1-14(2,3)12-8-7-11(10-16)13(9-12)15(4,5)6/h7-10H,16H2,1-6H3. The minimum absolute atomic E-state index is 0.216. The fraction of sp³-hybridized carbons (Fsp3) is 0.533. The van der Waals surface area contributed by atoms with Crippen LogP contribution in [-0.4, -0.2) is 15.5 Å². The van der Waals surface area contributed by atoms with Gasteiger partial charge in [0.1, 0.15) is 0 Å². The first-order chi connectivity index (χ1) is 7.16. The lowest BCUT2D eigenvalue weighted by atomic mass is 9.79. The van der Waals surface area contributed by atoms with Gasteiger partial charge in [-0.15, -0.1) is 0 Å². The maximum atomic E-state index is 2.37. The normalized spacial score (nSPS) is 12.6. The summed E-state index contributed by atoms with van der Waals surface area (Å²) in [7, 11) is 1.91. The molecular formula is C15H24Si. The van der Waals surface area contributed by atoms with Crippen LogP contribution in [0.2, 0.25) is 0 Å². The predicted molar refractivity (Wildman–Crippen MR) is 77.6 cm³/mol. The molecule has 0 saturated heterocycles. The van der Waals surface area contributed by atoms with Crippen molar-refractivity contribution in [3.63, 3.8) is 0 Å². The van der Waals surface area contributed by atoms with Crippen LogP contribution in [0.4, 0.5) is 0 Å². The van der Waals surface area contributed by atoms with E-state index in [-0.39, 0.29) is 10.8 Å². The molecule has 1 rings (SSSR count). The molecule has 0 fully saturated rings. The maximum Gasteiger partial charge on any atom is -0.0126 e. The van der Waals surface area contributed by atoms with E-state index in [9.17, 15) is 0 Å². The van der Waals surface area contributed by atoms with Gasteiger partial charge in [0, 0.05) is 0 Å². The van der Waals surface area contributed by atoms with Crippen LogP contribution in [0.25, 0.3) is 0 Å². The first kappa shape index (κ1) is 13.4. The minimum atomic E-state index is 0.216. The van der Waals surface area contributed by atoms with E-state index in [2.05, 4.69) is 65.4 Å². The molecule has 1 aromatic carbocycles. The zero-order valence-electron chi connectivity index (χ0n) is 11.5. The second kappa shape index (κ2) is 4.29. The van der Waals surface area contributed by atoms with E-state index in [0.29, 0.717) is 0 Å². The van der Waals surface area contributed by atoms with Gasteiger partial charge in [0.25, 0.3) is 0 Å².